The van der Waals surface area contributed by atoms with Gasteiger partial charge in [0.25, 0.3) is 0 Å². The van der Waals surface area contributed by atoms with Crippen molar-refractivity contribution in [3.63, 3.8) is 0 Å². The van der Waals surface area contributed by atoms with E-state index in [0.717, 1.165) is 44.5 Å². The minimum Gasteiger partial charge on any atom is -0.393 e. The summed E-state index contributed by atoms with van der Waals surface area (Å²) in [6, 6.07) is 0. The summed E-state index contributed by atoms with van der Waals surface area (Å²) in [5.41, 5.74) is 0.219. The molecule has 1 heterocycles. The fraction of sp³-hybridized carbons (Fsp3) is 0.909. The first-order chi connectivity index (χ1) is 7.15. The highest BCUT2D eigenvalue weighted by Crippen LogP contribution is 2.49. The van der Waals surface area contributed by atoms with Crippen molar-refractivity contribution in [2.45, 2.75) is 38.2 Å². The molecule has 1 amide bonds. The van der Waals surface area contributed by atoms with Gasteiger partial charge in [-0.25, -0.2) is 0 Å². The molecule has 0 aromatic heterocycles. The minimum absolute atomic E-state index is 0.200. The molecule has 3 nitrogen and oxygen atoms in total. The number of rotatable bonds is 3. The van der Waals surface area contributed by atoms with Gasteiger partial charge in [0.15, 0.2) is 0 Å². The Morgan fingerprint density at radius 3 is 2.47 bits per heavy atom. The monoisotopic (exact) mass is 229 g/mol. The molecule has 0 radical (unpaired) electrons. The molecular formula is C11H19NO2S. The summed E-state index contributed by atoms with van der Waals surface area (Å²) in [5.74, 6) is 1.09. The van der Waals surface area contributed by atoms with Crippen molar-refractivity contribution in [2.24, 2.45) is 5.41 Å². The van der Waals surface area contributed by atoms with Gasteiger partial charge in [-0.1, -0.05) is 0 Å². The molecule has 1 N–H and O–H groups in total. The number of aliphatic hydroxyl groups excluding tert-OH is 1. The number of carbonyl (C=O) groups is 1. The zero-order chi connectivity index (χ0) is 10.9. The molecule has 1 saturated heterocycles. The summed E-state index contributed by atoms with van der Waals surface area (Å²) >= 11 is 4.31. The van der Waals surface area contributed by atoms with Crippen LogP contribution in [0.5, 0.6) is 0 Å². The molecule has 2 aliphatic rings. The van der Waals surface area contributed by atoms with Crippen molar-refractivity contribution >= 4 is 18.5 Å². The Hall–Kier alpha value is -0.220. The van der Waals surface area contributed by atoms with Crippen molar-refractivity contribution < 1.29 is 9.90 Å². The number of aliphatic hydroxyl groups is 1. The molecule has 0 bridgehead atoms. The van der Waals surface area contributed by atoms with Crippen molar-refractivity contribution in [2.75, 3.05) is 18.8 Å². The molecule has 1 aliphatic carbocycles. The van der Waals surface area contributed by atoms with Crippen LogP contribution in [0.25, 0.3) is 0 Å². The van der Waals surface area contributed by atoms with E-state index < -0.39 is 0 Å². The quantitative estimate of drug-likeness (QED) is 0.711. The van der Waals surface area contributed by atoms with Gasteiger partial charge in [-0.3, -0.25) is 4.79 Å². The molecule has 0 aromatic rings. The summed E-state index contributed by atoms with van der Waals surface area (Å²) < 4.78 is 0. The van der Waals surface area contributed by atoms with Gasteiger partial charge in [-0.05, 0) is 36.9 Å². The number of hydrogen-bond acceptors (Lipinski definition) is 3. The van der Waals surface area contributed by atoms with E-state index in [-0.39, 0.29) is 17.4 Å². The smallest absolute Gasteiger partial charge is 0.223 e. The van der Waals surface area contributed by atoms with E-state index >= 15 is 0 Å². The number of amides is 1. The SMILES string of the molecule is O=C(CC1(CS)CC1)N1CCC(O)CC1. The molecule has 0 atom stereocenters. The van der Waals surface area contributed by atoms with Crippen LogP contribution in [0.1, 0.15) is 32.1 Å². The van der Waals surface area contributed by atoms with E-state index in [4.69, 9.17) is 0 Å². The Kier molecular flexibility index (Phi) is 3.26. The van der Waals surface area contributed by atoms with Gasteiger partial charge in [0, 0.05) is 19.5 Å². The second kappa shape index (κ2) is 4.34. The van der Waals surface area contributed by atoms with E-state index in [2.05, 4.69) is 12.6 Å². The summed E-state index contributed by atoms with van der Waals surface area (Å²) in [7, 11) is 0. The molecule has 15 heavy (non-hydrogen) atoms. The van der Waals surface area contributed by atoms with Crippen LogP contribution in [0.2, 0.25) is 0 Å². The van der Waals surface area contributed by atoms with Crippen LogP contribution < -0.4 is 0 Å². The van der Waals surface area contributed by atoms with Crippen LogP contribution in [0.3, 0.4) is 0 Å². The second-order valence-electron chi connectivity index (χ2n) is 4.95. The van der Waals surface area contributed by atoms with E-state index in [1.54, 1.807) is 0 Å². The van der Waals surface area contributed by atoms with E-state index in [0.29, 0.717) is 6.42 Å². The number of thiol groups is 1. The fourth-order valence-corrected chi connectivity index (χ4v) is 2.54. The molecule has 86 valence electrons. The highest BCUT2D eigenvalue weighted by molar-refractivity contribution is 7.80. The summed E-state index contributed by atoms with van der Waals surface area (Å²) in [4.78, 5) is 13.8. The topological polar surface area (TPSA) is 40.5 Å². The van der Waals surface area contributed by atoms with E-state index in [1.807, 2.05) is 4.90 Å². The predicted molar refractivity (Wildman–Crippen MR) is 62.0 cm³/mol. The average Bonchev–Trinajstić information content (AvgIpc) is 2.99. The largest absolute Gasteiger partial charge is 0.393 e. The van der Waals surface area contributed by atoms with Crippen LogP contribution in [0, 0.1) is 5.41 Å². The van der Waals surface area contributed by atoms with Gasteiger partial charge >= 0.3 is 0 Å². The first-order valence-electron chi connectivity index (χ1n) is 5.72. The van der Waals surface area contributed by atoms with Gasteiger partial charge in [0.1, 0.15) is 0 Å². The van der Waals surface area contributed by atoms with Crippen LogP contribution in [-0.4, -0.2) is 40.9 Å². The van der Waals surface area contributed by atoms with E-state index in [9.17, 15) is 9.90 Å². The predicted octanol–water partition coefficient (Wildman–Crippen LogP) is 1.07. The molecule has 0 unspecified atom stereocenters. The van der Waals surface area contributed by atoms with Crippen molar-refractivity contribution in [1.29, 1.82) is 0 Å². The Morgan fingerprint density at radius 1 is 1.40 bits per heavy atom. The molecule has 0 spiro atoms. The third-order valence-electron chi connectivity index (χ3n) is 3.64. The molecule has 2 fully saturated rings. The average molecular weight is 229 g/mol. The normalized spacial score (nSPS) is 25.3. The van der Waals surface area contributed by atoms with Gasteiger partial charge < -0.3 is 10.0 Å². The Morgan fingerprint density at radius 2 is 2.00 bits per heavy atom. The maximum Gasteiger partial charge on any atom is 0.223 e. The highest BCUT2D eigenvalue weighted by atomic mass is 32.1. The van der Waals surface area contributed by atoms with Crippen LogP contribution in [-0.2, 0) is 4.79 Å². The number of hydrogen-bond donors (Lipinski definition) is 2. The van der Waals surface area contributed by atoms with E-state index in [1.165, 1.54) is 0 Å². The van der Waals surface area contributed by atoms with Gasteiger partial charge in [0.05, 0.1) is 6.10 Å². The van der Waals surface area contributed by atoms with Crippen molar-refractivity contribution in [3.8, 4) is 0 Å². The third kappa shape index (κ3) is 2.67. The lowest BCUT2D eigenvalue weighted by Gasteiger charge is -2.30. The first-order valence-corrected chi connectivity index (χ1v) is 6.35. The molecule has 4 heteroatoms. The highest BCUT2D eigenvalue weighted by Gasteiger charge is 2.43. The Balaban J connectivity index is 1.81. The lowest BCUT2D eigenvalue weighted by molar-refractivity contribution is -0.134. The molecule has 1 saturated carbocycles. The third-order valence-corrected chi connectivity index (χ3v) is 4.31. The number of piperidine rings is 1. The Bertz CT molecular complexity index is 245. The summed E-state index contributed by atoms with van der Waals surface area (Å²) in [5, 5.41) is 9.35. The van der Waals surface area contributed by atoms with Gasteiger partial charge in [0.2, 0.25) is 5.91 Å². The second-order valence-corrected chi connectivity index (χ2v) is 5.26. The van der Waals surface area contributed by atoms with Crippen molar-refractivity contribution in [1.82, 2.24) is 4.90 Å². The lowest BCUT2D eigenvalue weighted by atomic mass is 10.0. The number of likely N-dealkylation sites (tertiary alicyclic amines) is 1. The maximum absolute atomic E-state index is 11.9. The molecule has 2 rings (SSSR count). The summed E-state index contributed by atoms with van der Waals surface area (Å²) in [6.45, 7) is 1.45. The molecule has 0 aromatic carbocycles. The van der Waals surface area contributed by atoms with Gasteiger partial charge in [-0.15, -0.1) is 0 Å². The first kappa shape index (κ1) is 11.3. The van der Waals surface area contributed by atoms with Crippen molar-refractivity contribution in [3.05, 3.63) is 0 Å². The van der Waals surface area contributed by atoms with Gasteiger partial charge in [-0.2, -0.15) is 12.6 Å². The standard InChI is InChI=1S/C11H19NO2S/c13-9-1-5-12(6-2-9)10(14)7-11(8-15)3-4-11/h9,13,15H,1-8H2. The lowest BCUT2D eigenvalue weighted by Crippen LogP contribution is -2.41. The number of nitrogens with zero attached hydrogens (tertiary/aromatic N) is 1. The molecular weight excluding hydrogens is 210 g/mol. The molecule has 1 aliphatic heterocycles. The number of carbonyl (C=O) groups excluding carboxylic acids is 1. The Labute approximate surface area is 96.2 Å². The zero-order valence-electron chi connectivity index (χ0n) is 8.98. The fourth-order valence-electron chi connectivity index (χ4n) is 2.12. The summed E-state index contributed by atoms with van der Waals surface area (Å²) in [6.07, 6.45) is 4.23. The zero-order valence-corrected chi connectivity index (χ0v) is 9.88. The van der Waals surface area contributed by atoms with Crippen LogP contribution in [0.15, 0.2) is 0 Å². The van der Waals surface area contributed by atoms with Crippen LogP contribution >= 0.6 is 12.6 Å². The maximum atomic E-state index is 11.9. The minimum atomic E-state index is -0.200. The van der Waals surface area contributed by atoms with Crippen LogP contribution in [0.4, 0.5) is 0 Å².